The van der Waals surface area contributed by atoms with Gasteiger partial charge < -0.3 is 0 Å². The van der Waals surface area contributed by atoms with Gasteiger partial charge in [-0.25, -0.2) is 8.42 Å². The van der Waals surface area contributed by atoms with Crippen LogP contribution in [-0.4, -0.2) is 26.5 Å². The lowest BCUT2D eigenvalue weighted by molar-refractivity contribution is 0.221. The van der Waals surface area contributed by atoms with Crippen molar-refractivity contribution in [2.24, 2.45) is 17.2 Å². The molecule has 98 valence electrons. The second-order valence-electron chi connectivity index (χ2n) is 5.78. The van der Waals surface area contributed by atoms with E-state index in [0.29, 0.717) is 12.3 Å². The molecule has 0 aliphatic heterocycles. The third-order valence-corrected chi connectivity index (χ3v) is 4.17. The van der Waals surface area contributed by atoms with Crippen molar-refractivity contribution in [2.45, 2.75) is 46.6 Å². The van der Waals surface area contributed by atoms with Crippen molar-refractivity contribution in [1.29, 1.82) is 0 Å². The first-order chi connectivity index (χ1) is 7.06. The molecule has 0 aromatic heterocycles. The molecule has 3 N–H and O–H groups in total. The highest BCUT2D eigenvalue weighted by atomic mass is 32.2. The number of sulfone groups is 1. The van der Waals surface area contributed by atoms with E-state index in [2.05, 4.69) is 33.1 Å². The van der Waals surface area contributed by atoms with Crippen LogP contribution >= 0.6 is 0 Å². The number of nitrogens with two attached hydrogens (primary N) is 1. The Kier molecular flexibility index (Phi) is 5.93. The topological polar surface area (TPSA) is 72.2 Å². The van der Waals surface area contributed by atoms with E-state index in [4.69, 9.17) is 5.84 Å². The van der Waals surface area contributed by atoms with Gasteiger partial charge in [0.1, 0.15) is 9.84 Å². The van der Waals surface area contributed by atoms with E-state index in [1.807, 2.05) is 0 Å². The summed E-state index contributed by atoms with van der Waals surface area (Å²) in [5, 5.41) is 0. The first kappa shape index (κ1) is 15.9. The molecule has 0 bridgehead atoms. The molecule has 0 saturated carbocycles. The van der Waals surface area contributed by atoms with Gasteiger partial charge in [-0.15, -0.1) is 0 Å². The van der Waals surface area contributed by atoms with Crippen LogP contribution in [0.4, 0.5) is 0 Å². The molecule has 0 aliphatic rings. The highest BCUT2D eigenvalue weighted by Crippen LogP contribution is 2.29. The lowest BCUT2D eigenvalue weighted by atomic mass is 9.78. The van der Waals surface area contributed by atoms with Gasteiger partial charge in [0.05, 0.1) is 5.75 Å². The Morgan fingerprint density at radius 1 is 1.31 bits per heavy atom. The van der Waals surface area contributed by atoms with Crippen LogP contribution in [0, 0.1) is 11.3 Å². The van der Waals surface area contributed by atoms with Crippen molar-refractivity contribution >= 4 is 9.84 Å². The fourth-order valence-corrected chi connectivity index (χ4v) is 2.12. The van der Waals surface area contributed by atoms with E-state index in [1.165, 1.54) is 6.26 Å². The van der Waals surface area contributed by atoms with Gasteiger partial charge in [0.2, 0.25) is 0 Å². The van der Waals surface area contributed by atoms with E-state index < -0.39 is 9.84 Å². The van der Waals surface area contributed by atoms with Gasteiger partial charge in [0.15, 0.2) is 0 Å². The Bertz CT molecular complexity index is 294. The van der Waals surface area contributed by atoms with E-state index in [1.54, 1.807) is 0 Å². The lowest BCUT2D eigenvalue weighted by Crippen LogP contribution is -2.39. The highest BCUT2D eigenvalue weighted by Gasteiger charge is 2.23. The summed E-state index contributed by atoms with van der Waals surface area (Å²) in [6, 6.07) is 0.0731. The molecule has 5 heteroatoms. The van der Waals surface area contributed by atoms with Gasteiger partial charge in [-0.2, -0.15) is 0 Å². The molecule has 16 heavy (non-hydrogen) atoms. The zero-order valence-corrected chi connectivity index (χ0v) is 11.9. The Hall–Kier alpha value is -0.130. The Morgan fingerprint density at radius 2 is 1.81 bits per heavy atom. The zero-order valence-electron chi connectivity index (χ0n) is 11.1. The fourth-order valence-electron chi connectivity index (χ4n) is 1.41. The van der Waals surface area contributed by atoms with Gasteiger partial charge in [-0.3, -0.25) is 11.3 Å². The molecule has 0 saturated heterocycles. The van der Waals surface area contributed by atoms with E-state index in [-0.39, 0.29) is 17.2 Å². The molecule has 0 aromatic rings. The minimum absolute atomic E-state index is 0.0731. The van der Waals surface area contributed by atoms with Crippen molar-refractivity contribution < 1.29 is 8.42 Å². The molecule has 0 aromatic carbocycles. The molecule has 2 atom stereocenters. The molecule has 0 amide bonds. The van der Waals surface area contributed by atoms with Gasteiger partial charge >= 0.3 is 0 Å². The highest BCUT2D eigenvalue weighted by molar-refractivity contribution is 7.90. The average molecular weight is 250 g/mol. The van der Waals surface area contributed by atoms with Crippen molar-refractivity contribution in [3.63, 3.8) is 0 Å². The maximum atomic E-state index is 11.1. The van der Waals surface area contributed by atoms with Crippen molar-refractivity contribution in [2.75, 3.05) is 12.0 Å². The summed E-state index contributed by atoms with van der Waals surface area (Å²) in [5.41, 5.74) is 2.94. The van der Waals surface area contributed by atoms with E-state index in [9.17, 15) is 8.42 Å². The maximum absolute atomic E-state index is 11.1. The third-order valence-electron chi connectivity index (χ3n) is 3.19. The van der Waals surface area contributed by atoms with Crippen LogP contribution in [0.2, 0.25) is 0 Å². The van der Waals surface area contributed by atoms with Gasteiger partial charge in [0.25, 0.3) is 0 Å². The third kappa shape index (κ3) is 7.19. The zero-order chi connectivity index (χ0) is 13.0. The van der Waals surface area contributed by atoms with Gasteiger partial charge in [-0.05, 0) is 24.2 Å². The van der Waals surface area contributed by atoms with Crippen LogP contribution in [0.25, 0.3) is 0 Å². The molecule has 0 heterocycles. The van der Waals surface area contributed by atoms with Crippen LogP contribution in [0.3, 0.4) is 0 Å². The summed E-state index contributed by atoms with van der Waals surface area (Å²) < 4.78 is 22.1. The smallest absolute Gasteiger partial charge is 0.147 e. The van der Waals surface area contributed by atoms with E-state index in [0.717, 1.165) is 6.42 Å². The summed E-state index contributed by atoms with van der Waals surface area (Å²) in [7, 11) is -2.90. The van der Waals surface area contributed by atoms with Crippen LogP contribution < -0.4 is 11.3 Å². The standard InChI is InChI=1S/C11H26N2O2S/c1-9(11(2,3)4)8-10(13-12)6-7-16(5,14)15/h9-10,13H,6-8,12H2,1-5H3. The quantitative estimate of drug-likeness (QED) is 0.551. The Morgan fingerprint density at radius 3 is 2.12 bits per heavy atom. The second-order valence-corrected chi connectivity index (χ2v) is 8.04. The minimum Gasteiger partial charge on any atom is -0.271 e. The second kappa shape index (κ2) is 5.98. The summed E-state index contributed by atoms with van der Waals surface area (Å²) >= 11 is 0. The molecule has 0 rings (SSSR count). The molecule has 0 radical (unpaired) electrons. The molecule has 0 fully saturated rings. The molecular formula is C11H26N2O2S. The van der Waals surface area contributed by atoms with Gasteiger partial charge in [0, 0.05) is 12.3 Å². The summed E-state index contributed by atoms with van der Waals surface area (Å²) in [5.74, 6) is 6.14. The number of hydrogen-bond acceptors (Lipinski definition) is 4. The summed E-state index contributed by atoms with van der Waals surface area (Å²) in [4.78, 5) is 0. The van der Waals surface area contributed by atoms with E-state index >= 15 is 0 Å². The minimum atomic E-state index is -2.90. The summed E-state index contributed by atoms with van der Waals surface area (Å²) in [6.45, 7) is 8.72. The SMILES string of the molecule is CC(CC(CCS(C)(=O)=O)NN)C(C)(C)C. The molecular weight excluding hydrogens is 224 g/mol. The van der Waals surface area contributed by atoms with Crippen molar-refractivity contribution in [3.05, 3.63) is 0 Å². The molecule has 0 spiro atoms. The number of hydrogen-bond donors (Lipinski definition) is 2. The monoisotopic (exact) mass is 250 g/mol. The molecule has 2 unspecified atom stereocenters. The molecule has 4 nitrogen and oxygen atoms in total. The van der Waals surface area contributed by atoms with Crippen LogP contribution in [0.15, 0.2) is 0 Å². The normalized spacial score (nSPS) is 17.1. The Balaban J connectivity index is 4.22. The number of nitrogens with one attached hydrogen (secondary N) is 1. The van der Waals surface area contributed by atoms with Crippen LogP contribution in [-0.2, 0) is 9.84 Å². The molecule has 0 aliphatic carbocycles. The fraction of sp³-hybridized carbons (Fsp3) is 1.00. The lowest BCUT2D eigenvalue weighted by Gasteiger charge is -2.30. The largest absolute Gasteiger partial charge is 0.271 e. The predicted octanol–water partition coefficient (Wildman–Crippen LogP) is 1.33. The van der Waals surface area contributed by atoms with Gasteiger partial charge in [-0.1, -0.05) is 27.7 Å². The number of hydrazine groups is 1. The average Bonchev–Trinajstić information content (AvgIpc) is 2.08. The van der Waals surface area contributed by atoms with Crippen molar-refractivity contribution in [1.82, 2.24) is 5.43 Å². The van der Waals surface area contributed by atoms with Crippen LogP contribution in [0.1, 0.15) is 40.5 Å². The Labute approximate surface area is 99.9 Å². The summed E-state index contributed by atoms with van der Waals surface area (Å²) in [6.07, 6.45) is 2.74. The number of rotatable bonds is 6. The van der Waals surface area contributed by atoms with Crippen molar-refractivity contribution in [3.8, 4) is 0 Å². The first-order valence-corrected chi connectivity index (χ1v) is 7.76. The maximum Gasteiger partial charge on any atom is 0.147 e. The first-order valence-electron chi connectivity index (χ1n) is 5.70. The predicted molar refractivity (Wildman–Crippen MR) is 68.7 cm³/mol. The van der Waals surface area contributed by atoms with Crippen LogP contribution in [0.5, 0.6) is 0 Å².